The van der Waals surface area contributed by atoms with Crippen LogP contribution in [0.1, 0.15) is 24.4 Å². The molecule has 0 bridgehead atoms. The van der Waals surface area contributed by atoms with Crippen molar-refractivity contribution in [2.24, 2.45) is 11.8 Å². The van der Waals surface area contributed by atoms with Crippen LogP contribution in [0.3, 0.4) is 0 Å². The van der Waals surface area contributed by atoms with E-state index in [0.29, 0.717) is 23.4 Å². The highest BCUT2D eigenvalue weighted by molar-refractivity contribution is 7.91. The van der Waals surface area contributed by atoms with Crippen molar-refractivity contribution in [3.8, 4) is 0 Å². The molecule has 1 aliphatic rings. The molecule has 106 valence electrons. The summed E-state index contributed by atoms with van der Waals surface area (Å²) >= 11 is 5.70. The highest BCUT2D eigenvalue weighted by Crippen LogP contribution is 2.30. The molecule has 7 heteroatoms. The Morgan fingerprint density at radius 1 is 1.53 bits per heavy atom. The summed E-state index contributed by atoms with van der Waals surface area (Å²) in [5.41, 5.74) is 2.97. The minimum Gasteiger partial charge on any atom is -0.271 e. The molecule has 19 heavy (non-hydrogen) atoms. The first kappa shape index (κ1) is 14.7. The van der Waals surface area contributed by atoms with Gasteiger partial charge >= 0.3 is 0 Å². The van der Waals surface area contributed by atoms with Crippen LogP contribution in [-0.4, -0.2) is 19.9 Å². The summed E-state index contributed by atoms with van der Waals surface area (Å²) in [6.45, 7) is 0. The summed E-state index contributed by atoms with van der Waals surface area (Å²) in [6.07, 6.45) is 1.10. The number of rotatable bonds is 4. The van der Waals surface area contributed by atoms with E-state index in [2.05, 4.69) is 5.43 Å². The summed E-state index contributed by atoms with van der Waals surface area (Å²) < 4.78 is 36.6. The van der Waals surface area contributed by atoms with Crippen LogP contribution in [0.25, 0.3) is 0 Å². The van der Waals surface area contributed by atoms with Crippen LogP contribution in [0.15, 0.2) is 18.2 Å². The largest absolute Gasteiger partial charge is 0.271 e. The van der Waals surface area contributed by atoms with E-state index in [4.69, 9.17) is 17.4 Å². The average molecular weight is 307 g/mol. The summed E-state index contributed by atoms with van der Waals surface area (Å²) in [6, 6.07) is 3.99. The van der Waals surface area contributed by atoms with E-state index < -0.39 is 21.7 Å². The van der Waals surface area contributed by atoms with Gasteiger partial charge in [0.15, 0.2) is 9.84 Å². The van der Waals surface area contributed by atoms with Crippen molar-refractivity contribution >= 4 is 21.4 Å². The van der Waals surface area contributed by atoms with Gasteiger partial charge in [0.05, 0.1) is 11.5 Å². The van der Waals surface area contributed by atoms with E-state index in [-0.39, 0.29) is 17.4 Å². The fraction of sp³-hybridized carbons (Fsp3) is 0.500. The zero-order valence-electron chi connectivity index (χ0n) is 10.3. The van der Waals surface area contributed by atoms with Crippen LogP contribution in [0, 0.1) is 11.7 Å². The van der Waals surface area contributed by atoms with E-state index in [1.807, 2.05) is 0 Å². The Morgan fingerprint density at radius 3 is 2.79 bits per heavy atom. The van der Waals surface area contributed by atoms with Gasteiger partial charge in [-0.2, -0.15) is 0 Å². The fourth-order valence-electron chi connectivity index (χ4n) is 2.46. The molecule has 1 saturated heterocycles. The van der Waals surface area contributed by atoms with Gasteiger partial charge in [-0.05, 0) is 30.9 Å². The van der Waals surface area contributed by atoms with Crippen molar-refractivity contribution in [2.75, 3.05) is 11.5 Å². The lowest BCUT2D eigenvalue weighted by atomic mass is 9.94. The zero-order chi connectivity index (χ0) is 14.0. The third kappa shape index (κ3) is 3.66. The monoisotopic (exact) mass is 306 g/mol. The van der Waals surface area contributed by atoms with Gasteiger partial charge in [0, 0.05) is 16.6 Å². The normalized spacial score (nSPS) is 23.4. The van der Waals surface area contributed by atoms with E-state index in [0.717, 1.165) is 0 Å². The molecule has 2 atom stereocenters. The summed E-state index contributed by atoms with van der Waals surface area (Å²) in [5, 5.41) is 0.320. The Hall–Kier alpha value is -0.690. The molecule has 0 aliphatic carbocycles. The first-order valence-corrected chi connectivity index (χ1v) is 8.23. The molecule has 0 aromatic heterocycles. The third-order valence-corrected chi connectivity index (χ3v) is 5.51. The predicted molar refractivity (Wildman–Crippen MR) is 72.9 cm³/mol. The van der Waals surface area contributed by atoms with Crippen molar-refractivity contribution in [3.05, 3.63) is 34.6 Å². The topological polar surface area (TPSA) is 72.2 Å². The van der Waals surface area contributed by atoms with Crippen LogP contribution in [0.2, 0.25) is 5.02 Å². The predicted octanol–water partition coefficient (Wildman–Crippen LogP) is 1.81. The Kier molecular flexibility index (Phi) is 4.45. The van der Waals surface area contributed by atoms with Gasteiger partial charge in [-0.25, -0.2) is 12.8 Å². The van der Waals surface area contributed by atoms with Gasteiger partial charge in [-0.1, -0.05) is 17.7 Å². The van der Waals surface area contributed by atoms with Crippen molar-refractivity contribution in [1.82, 2.24) is 5.43 Å². The molecule has 1 fully saturated rings. The quantitative estimate of drug-likeness (QED) is 0.657. The maximum atomic E-state index is 13.8. The van der Waals surface area contributed by atoms with Crippen LogP contribution in [0.5, 0.6) is 0 Å². The number of nitrogens with two attached hydrogens (primary N) is 1. The maximum Gasteiger partial charge on any atom is 0.150 e. The lowest BCUT2D eigenvalue weighted by molar-refractivity contribution is 0.409. The summed E-state index contributed by atoms with van der Waals surface area (Å²) in [4.78, 5) is 0. The van der Waals surface area contributed by atoms with Crippen LogP contribution in [0.4, 0.5) is 4.39 Å². The third-order valence-electron chi connectivity index (χ3n) is 3.43. The van der Waals surface area contributed by atoms with Gasteiger partial charge in [0.1, 0.15) is 5.82 Å². The zero-order valence-corrected chi connectivity index (χ0v) is 11.8. The Morgan fingerprint density at radius 2 is 2.26 bits per heavy atom. The van der Waals surface area contributed by atoms with Crippen LogP contribution < -0.4 is 11.3 Å². The van der Waals surface area contributed by atoms with Crippen molar-refractivity contribution < 1.29 is 12.8 Å². The van der Waals surface area contributed by atoms with Gasteiger partial charge in [0.2, 0.25) is 0 Å². The molecule has 0 radical (unpaired) electrons. The van der Waals surface area contributed by atoms with Crippen LogP contribution in [-0.2, 0) is 9.84 Å². The summed E-state index contributed by atoms with van der Waals surface area (Å²) in [7, 11) is -2.93. The number of sulfone groups is 1. The lowest BCUT2D eigenvalue weighted by Gasteiger charge is -2.20. The number of nitrogens with one attached hydrogen (secondary N) is 1. The van der Waals surface area contributed by atoms with E-state index >= 15 is 0 Å². The van der Waals surface area contributed by atoms with Gasteiger partial charge < -0.3 is 0 Å². The molecule has 1 aromatic carbocycles. The molecule has 4 nitrogen and oxygen atoms in total. The minimum absolute atomic E-state index is 0.0149. The highest BCUT2D eigenvalue weighted by Gasteiger charge is 2.30. The first-order chi connectivity index (χ1) is 8.91. The molecule has 1 heterocycles. The average Bonchev–Trinajstić information content (AvgIpc) is 2.66. The lowest BCUT2D eigenvalue weighted by Crippen LogP contribution is -2.30. The number of benzene rings is 1. The summed E-state index contributed by atoms with van der Waals surface area (Å²) in [5.74, 6) is 5.40. The van der Waals surface area contributed by atoms with Gasteiger partial charge in [0.25, 0.3) is 0 Å². The number of hydrazine groups is 1. The molecule has 1 aromatic rings. The van der Waals surface area contributed by atoms with E-state index in [1.165, 1.54) is 6.07 Å². The minimum atomic E-state index is -2.93. The molecule has 0 spiro atoms. The Balaban J connectivity index is 2.12. The van der Waals surface area contributed by atoms with Crippen LogP contribution >= 0.6 is 11.6 Å². The van der Waals surface area contributed by atoms with Gasteiger partial charge in [-0.15, -0.1) is 0 Å². The molecule has 0 saturated carbocycles. The van der Waals surface area contributed by atoms with Gasteiger partial charge in [-0.3, -0.25) is 11.3 Å². The molecule has 2 rings (SSSR count). The number of hydrogen-bond acceptors (Lipinski definition) is 4. The molecular formula is C12H16ClFN2O2S. The van der Waals surface area contributed by atoms with Crippen molar-refractivity contribution in [1.29, 1.82) is 0 Å². The molecule has 3 N–H and O–H groups in total. The first-order valence-electron chi connectivity index (χ1n) is 6.03. The standard InChI is InChI=1S/C12H16ClFN2O2S/c13-9-1-2-10(11(14)6-9)12(16-15)5-8-3-4-19(17,18)7-8/h1-2,6,8,12,16H,3-5,7,15H2. The fourth-order valence-corrected chi connectivity index (χ4v) is 4.50. The molecule has 2 unspecified atom stereocenters. The number of halogens is 2. The Bertz CT molecular complexity index is 565. The smallest absolute Gasteiger partial charge is 0.150 e. The van der Waals surface area contributed by atoms with E-state index in [1.54, 1.807) is 12.1 Å². The highest BCUT2D eigenvalue weighted by atomic mass is 35.5. The maximum absolute atomic E-state index is 13.8. The van der Waals surface area contributed by atoms with Crippen molar-refractivity contribution in [3.63, 3.8) is 0 Å². The van der Waals surface area contributed by atoms with Crippen molar-refractivity contribution in [2.45, 2.75) is 18.9 Å². The Labute approximate surface area is 117 Å². The molecule has 1 aliphatic heterocycles. The number of hydrogen-bond donors (Lipinski definition) is 2. The molecular weight excluding hydrogens is 291 g/mol. The SMILES string of the molecule is NNC(CC1CCS(=O)(=O)C1)c1ccc(Cl)cc1F. The molecule has 0 amide bonds. The second-order valence-electron chi connectivity index (χ2n) is 4.89. The second kappa shape index (κ2) is 5.75. The van der Waals surface area contributed by atoms with E-state index in [9.17, 15) is 12.8 Å². The second-order valence-corrected chi connectivity index (χ2v) is 7.56.